The van der Waals surface area contributed by atoms with Gasteiger partial charge in [-0.25, -0.2) is 0 Å². The molecule has 0 N–H and O–H groups in total. The second kappa shape index (κ2) is 19.6. The Morgan fingerprint density at radius 2 is 0.724 bits per heavy atom. The van der Waals surface area contributed by atoms with E-state index in [0.29, 0.717) is 0 Å². The van der Waals surface area contributed by atoms with Gasteiger partial charge >= 0.3 is 0 Å². The zero-order chi connectivity index (χ0) is 51.0. The number of aromatic nitrogens is 1. The molecular formula is C73H55N3. The first-order chi connectivity index (χ1) is 37.4. The van der Waals surface area contributed by atoms with Crippen molar-refractivity contribution in [3.05, 3.63) is 306 Å². The van der Waals surface area contributed by atoms with Crippen LogP contribution in [-0.2, 0) is 5.41 Å². The van der Waals surface area contributed by atoms with E-state index in [4.69, 9.17) is 0 Å². The van der Waals surface area contributed by atoms with Crippen molar-refractivity contribution in [1.82, 2.24) is 4.57 Å². The Bertz CT molecular complexity index is 3990. The molecule has 0 amide bonds. The van der Waals surface area contributed by atoms with E-state index in [0.717, 1.165) is 56.5 Å². The molecule has 0 saturated carbocycles. The molecule has 0 fully saturated rings. The van der Waals surface area contributed by atoms with Gasteiger partial charge in [-0.3, -0.25) is 0 Å². The van der Waals surface area contributed by atoms with Crippen molar-refractivity contribution in [2.75, 3.05) is 9.80 Å². The molecule has 0 spiro atoms. The fraction of sp³-hybridized carbons (Fsp3) is 0.0411. The summed E-state index contributed by atoms with van der Waals surface area (Å²) in [6, 6.07) is 98.4. The SMILES string of the molecule is CC1(C)c2cc(C=Cc3ccc(N(c4ccccc4)c4ccccc4)cc3)ccc2-c2ccc3c4cc(-c5ccc(C=Cc6ccc(N(c7ccccc7)c7ccccc7)cc6)cc5)ccc4n(-c4ccccc4)c3c21. The maximum Gasteiger partial charge on any atom is 0.0588 e. The van der Waals surface area contributed by atoms with Gasteiger partial charge in [-0.15, -0.1) is 0 Å². The van der Waals surface area contributed by atoms with Gasteiger partial charge in [0.05, 0.1) is 11.0 Å². The molecule has 3 heteroatoms. The summed E-state index contributed by atoms with van der Waals surface area (Å²) >= 11 is 0. The Morgan fingerprint density at radius 3 is 1.21 bits per heavy atom. The molecular weight excluding hydrogens is 919 g/mol. The molecule has 1 heterocycles. The Kier molecular flexibility index (Phi) is 11.9. The molecule has 76 heavy (non-hydrogen) atoms. The van der Waals surface area contributed by atoms with Crippen LogP contribution in [0.3, 0.4) is 0 Å². The second-order valence-electron chi connectivity index (χ2n) is 20.2. The standard InChI is InChI=1S/C73H55N3/c1-73(2)69-50-55(31-30-54-36-44-64(45-37-54)75(60-22-12-5-13-23-60)61-24-14-6-15-25-61)38-46-65(69)66-47-48-67-68-51-57(41-49-70(68)76(72(67)71(66)73)62-26-16-7-17-27-62)56-39-32-52(33-40-56)28-29-53-34-42-63(43-35-53)74(58-18-8-3-9-19-58)59-20-10-4-11-21-59/h3-51H,1-2H3. The summed E-state index contributed by atoms with van der Waals surface area (Å²) in [5, 5.41) is 2.52. The van der Waals surface area contributed by atoms with Gasteiger partial charge in [0.15, 0.2) is 0 Å². The zero-order valence-corrected chi connectivity index (χ0v) is 42.6. The normalized spacial score (nSPS) is 12.6. The molecule has 0 aliphatic heterocycles. The number of benzene rings is 11. The Balaban J connectivity index is 0.784. The number of para-hydroxylation sites is 5. The molecule has 0 unspecified atom stereocenters. The van der Waals surface area contributed by atoms with Crippen LogP contribution in [0, 0.1) is 0 Å². The highest BCUT2D eigenvalue weighted by Gasteiger charge is 2.39. The highest BCUT2D eigenvalue weighted by atomic mass is 15.1. The van der Waals surface area contributed by atoms with Crippen LogP contribution in [0.2, 0.25) is 0 Å². The Morgan fingerprint density at radius 1 is 0.329 bits per heavy atom. The highest BCUT2D eigenvalue weighted by Crippen LogP contribution is 2.53. The van der Waals surface area contributed by atoms with E-state index in [2.05, 4.69) is 326 Å². The van der Waals surface area contributed by atoms with Crippen molar-refractivity contribution >= 4 is 80.2 Å². The third-order valence-electron chi connectivity index (χ3n) is 15.1. The van der Waals surface area contributed by atoms with E-state index in [1.165, 1.54) is 60.8 Å². The summed E-state index contributed by atoms with van der Waals surface area (Å²) in [7, 11) is 0. The van der Waals surface area contributed by atoms with Crippen LogP contribution >= 0.6 is 0 Å². The predicted molar refractivity (Wildman–Crippen MR) is 324 cm³/mol. The Hall–Kier alpha value is -9.70. The summed E-state index contributed by atoms with van der Waals surface area (Å²) < 4.78 is 2.50. The molecule has 0 radical (unpaired) electrons. The molecule has 3 nitrogen and oxygen atoms in total. The van der Waals surface area contributed by atoms with Gasteiger partial charge in [-0.2, -0.15) is 0 Å². The van der Waals surface area contributed by atoms with Crippen LogP contribution in [0.5, 0.6) is 0 Å². The van der Waals surface area contributed by atoms with Crippen molar-refractivity contribution in [3.8, 4) is 27.9 Å². The largest absolute Gasteiger partial charge is 0.311 e. The van der Waals surface area contributed by atoms with Gasteiger partial charge in [-0.1, -0.05) is 214 Å². The number of fused-ring (bicyclic) bond motifs is 7. The molecule has 0 atom stereocenters. The summed E-state index contributed by atoms with van der Waals surface area (Å²) in [6.45, 7) is 4.81. The van der Waals surface area contributed by atoms with Crippen molar-refractivity contribution < 1.29 is 0 Å². The number of anilines is 6. The van der Waals surface area contributed by atoms with E-state index in [-0.39, 0.29) is 5.41 Å². The van der Waals surface area contributed by atoms with Crippen LogP contribution in [0.4, 0.5) is 34.1 Å². The minimum atomic E-state index is -0.256. The van der Waals surface area contributed by atoms with Gasteiger partial charge < -0.3 is 14.4 Å². The van der Waals surface area contributed by atoms with Gasteiger partial charge in [0, 0.05) is 56.0 Å². The quantitative estimate of drug-likeness (QED) is 0.113. The number of rotatable bonds is 12. The fourth-order valence-corrected chi connectivity index (χ4v) is 11.4. The lowest BCUT2D eigenvalue weighted by Crippen LogP contribution is -2.16. The van der Waals surface area contributed by atoms with Crippen LogP contribution in [0.25, 0.3) is 74.1 Å². The lowest BCUT2D eigenvalue weighted by atomic mass is 9.81. The van der Waals surface area contributed by atoms with Crippen LogP contribution in [0.1, 0.15) is 47.2 Å². The second-order valence-corrected chi connectivity index (χ2v) is 20.2. The molecule has 13 rings (SSSR count). The predicted octanol–water partition coefficient (Wildman–Crippen LogP) is 20.0. The van der Waals surface area contributed by atoms with E-state index >= 15 is 0 Å². The van der Waals surface area contributed by atoms with Crippen molar-refractivity contribution in [3.63, 3.8) is 0 Å². The first-order valence-corrected chi connectivity index (χ1v) is 26.2. The number of nitrogens with zero attached hydrogens (tertiary/aromatic N) is 3. The molecule has 0 bridgehead atoms. The molecule has 362 valence electrons. The van der Waals surface area contributed by atoms with Crippen LogP contribution in [-0.4, -0.2) is 4.57 Å². The van der Waals surface area contributed by atoms with Crippen LogP contribution < -0.4 is 9.80 Å². The number of hydrogen-bond acceptors (Lipinski definition) is 2. The lowest BCUT2D eigenvalue weighted by Gasteiger charge is -2.25. The van der Waals surface area contributed by atoms with Crippen LogP contribution in [0.15, 0.2) is 273 Å². The van der Waals surface area contributed by atoms with E-state index in [1.54, 1.807) is 0 Å². The van der Waals surface area contributed by atoms with Crippen molar-refractivity contribution in [2.45, 2.75) is 19.3 Å². The van der Waals surface area contributed by atoms with Gasteiger partial charge in [-0.05, 0) is 153 Å². The summed E-state index contributed by atoms with van der Waals surface area (Å²) in [5.74, 6) is 0. The monoisotopic (exact) mass is 973 g/mol. The van der Waals surface area contributed by atoms with Gasteiger partial charge in [0.25, 0.3) is 0 Å². The van der Waals surface area contributed by atoms with E-state index < -0.39 is 0 Å². The molecule has 1 aliphatic rings. The molecule has 0 saturated heterocycles. The molecule has 11 aromatic carbocycles. The highest BCUT2D eigenvalue weighted by molar-refractivity contribution is 6.14. The minimum absolute atomic E-state index is 0.256. The fourth-order valence-electron chi connectivity index (χ4n) is 11.4. The van der Waals surface area contributed by atoms with Gasteiger partial charge in [0.1, 0.15) is 0 Å². The third kappa shape index (κ3) is 8.58. The summed E-state index contributed by atoms with van der Waals surface area (Å²) in [6.07, 6.45) is 8.89. The summed E-state index contributed by atoms with van der Waals surface area (Å²) in [4.78, 5) is 4.59. The van der Waals surface area contributed by atoms with Crippen molar-refractivity contribution in [1.29, 1.82) is 0 Å². The minimum Gasteiger partial charge on any atom is -0.311 e. The van der Waals surface area contributed by atoms with Crippen molar-refractivity contribution in [2.24, 2.45) is 0 Å². The molecule has 1 aliphatic carbocycles. The molecule has 1 aromatic heterocycles. The topological polar surface area (TPSA) is 11.4 Å². The van der Waals surface area contributed by atoms with E-state index in [1.807, 2.05) is 0 Å². The van der Waals surface area contributed by atoms with Gasteiger partial charge in [0.2, 0.25) is 0 Å². The average molecular weight is 974 g/mol. The Labute approximate surface area is 445 Å². The average Bonchev–Trinajstić information content (AvgIpc) is 3.93. The lowest BCUT2D eigenvalue weighted by molar-refractivity contribution is 0.663. The maximum atomic E-state index is 2.50. The third-order valence-corrected chi connectivity index (χ3v) is 15.1. The van der Waals surface area contributed by atoms with E-state index in [9.17, 15) is 0 Å². The maximum absolute atomic E-state index is 2.50. The number of hydrogen-bond donors (Lipinski definition) is 0. The smallest absolute Gasteiger partial charge is 0.0588 e. The first-order valence-electron chi connectivity index (χ1n) is 26.2. The summed E-state index contributed by atoms with van der Waals surface area (Å²) in [5.41, 5.74) is 22.5. The first kappa shape index (κ1) is 46.1. The molecule has 12 aromatic rings. The zero-order valence-electron chi connectivity index (χ0n) is 42.6.